The van der Waals surface area contributed by atoms with Crippen molar-refractivity contribution in [2.24, 2.45) is 7.05 Å². The highest BCUT2D eigenvalue weighted by Gasteiger charge is 2.15. The fraction of sp³-hybridized carbons (Fsp3) is 0.269. The van der Waals surface area contributed by atoms with Crippen molar-refractivity contribution in [1.82, 2.24) is 9.88 Å². The molecular formula is C26H27N3O3S. The number of piperidine rings is 1. The first-order chi connectivity index (χ1) is 16.2. The Bertz CT molecular complexity index is 1240. The minimum absolute atomic E-state index is 0.122. The standard InChI is InChI=1S/C26H27N3O3S/c1-29-23-11-14-33-25(23)16-24(29)26(30)28-19-4-2-3-18(15-19)17-31-20-5-7-21(8-6-20)32-22-9-12-27-13-10-22/h2-8,11,14-16,22,27H,9-10,12-13,17H2,1H3,(H,28,30). The van der Waals surface area contributed by atoms with Gasteiger partial charge in [-0.1, -0.05) is 12.1 Å². The second-order valence-electron chi connectivity index (χ2n) is 8.24. The number of nitrogens with one attached hydrogen (secondary N) is 2. The van der Waals surface area contributed by atoms with Gasteiger partial charge in [-0.2, -0.15) is 0 Å². The molecule has 2 N–H and O–H groups in total. The molecule has 7 heteroatoms. The summed E-state index contributed by atoms with van der Waals surface area (Å²) < 4.78 is 15.0. The van der Waals surface area contributed by atoms with Crippen LogP contribution in [0.15, 0.2) is 66.0 Å². The number of fused-ring (bicyclic) bond motifs is 1. The predicted octanol–water partition coefficient (Wildman–Crippen LogP) is 5.20. The molecule has 1 saturated heterocycles. The molecule has 5 rings (SSSR count). The van der Waals surface area contributed by atoms with Crippen LogP contribution in [0.4, 0.5) is 5.69 Å². The first-order valence-electron chi connectivity index (χ1n) is 11.2. The van der Waals surface area contributed by atoms with Crippen molar-refractivity contribution in [3.05, 3.63) is 77.3 Å². The van der Waals surface area contributed by atoms with E-state index in [0.717, 1.165) is 58.9 Å². The number of anilines is 1. The van der Waals surface area contributed by atoms with Gasteiger partial charge in [0.2, 0.25) is 0 Å². The molecule has 6 nitrogen and oxygen atoms in total. The Morgan fingerprint density at radius 2 is 1.88 bits per heavy atom. The number of carbonyl (C=O) groups excluding carboxylic acids is 1. The average molecular weight is 462 g/mol. The molecule has 1 aliphatic rings. The molecule has 170 valence electrons. The van der Waals surface area contributed by atoms with Gasteiger partial charge in [-0.15, -0.1) is 11.3 Å². The third kappa shape index (κ3) is 5.05. The molecule has 4 aromatic rings. The normalized spacial score (nSPS) is 14.3. The van der Waals surface area contributed by atoms with Crippen LogP contribution in [0.1, 0.15) is 28.9 Å². The lowest BCUT2D eigenvalue weighted by Gasteiger charge is -2.23. The molecule has 2 aromatic heterocycles. The zero-order valence-corrected chi connectivity index (χ0v) is 19.4. The Labute approximate surface area is 197 Å². The van der Waals surface area contributed by atoms with Crippen molar-refractivity contribution < 1.29 is 14.3 Å². The van der Waals surface area contributed by atoms with E-state index in [9.17, 15) is 4.79 Å². The maximum atomic E-state index is 12.8. The summed E-state index contributed by atoms with van der Waals surface area (Å²) in [7, 11) is 1.91. The van der Waals surface area contributed by atoms with Crippen LogP contribution in [0.3, 0.4) is 0 Å². The summed E-state index contributed by atoms with van der Waals surface area (Å²) in [5, 5.41) is 8.38. The fourth-order valence-corrected chi connectivity index (χ4v) is 4.94. The third-order valence-corrected chi connectivity index (χ3v) is 6.75. The van der Waals surface area contributed by atoms with Crippen molar-refractivity contribution in [3.8, 4) is 11.5 Å². The Morgan fingerprint density at radius 1 is 1.09 bits per heavy atom. The Hall–Kier alpha value is -3.29. The van der Waals surface area contributed by atoms with E-state index in [1.165, 1.54) is 0 Å². The van der Waals surface area contributed by atoms with E-state index in [1.54, 1.807) is 11.3 Å². The average Bonchev–Trinajstić information content (AvgIpc) is 3.42. The number of nitrogens with zero attached hydrogens (tertiary/aromatic N) is 1. The predicted molar refractivity (Wildman–Crippen MR) is 132 cm³/mol. The van der Waals surface area contributed by atoms with Crippen LogP contribution in [0.25, 0.3) is 10.2 Å². The largest absolute Gasteiger partial charge is 0.490 e. The van der Waals surface area contributed by atoms with Gasteiger partial charge in [0.05, 0.1) is 10.2 Å². The summed E-state index contributed by atoms with van der Waals surface area (Å²) in [5.41, 5.74) is 3.44. The van der Waals surface area contributed by atoms with Gasteiger partial charge < -0.3 is 24.7 Å². The maximum absolute atomic E-state index is 12.8. The molecule has 2 aromatic carbocycles. The van der Waals surface area contributed by atoms with E-state index in [4.69, 9.17) is 9.47 Å². The van der Waals surface area contributed by atoms with E-state index in [2.05, 4.69) is 10.6 Å². The number of hydrogen-bond donors (Lipinski definition) is 2. The Morgan fingerprint density at radius 3 is 2.67 bits per heavy atom. The van der Waals surface area contributed by atoms with E-state index in [0.29, 0.717) is 12.3 Å². The van der Waals surface area contributed by atoms with Crippen LogP contribution in [-0.2, 0) is 13.7 Å². The number of amides is 1. The van der Waals surface area contributed by atoms with Gasteiger partial charge in [0.1, 0.15) is 29.9 Å². The molecule has 0 bridgehead atoms. The number of thiophene rings is 1. The van der Waals surface area contributed by atoms with E-state index >= 15 is 0 Å². The summed E-state index contributed by atoms with van der Waals surface area (Å²) in [6, 6.07) is 19.5. The molecule has 0 radical (unpaired) electrons. The lowest BCUT2D eigenvalue weighted by molar-refractivity contribution is 0.101. The first-order valence-corrected chi connectivity index (χ1v) is 12.1. The van der Waals surface area contributed by atoms with Crippen LogP contribution in [0.5, 0.6) is 11.5 Å². The molecule has 1 fully saturated rings. The second-order valence-corrected chi connectivity index (χ2v) is 9.19. The minimum atomic E-state index is -0.122. The Kier molecular flexibility index (Phi) is 6.32. The summed E-state index contributed by atoms with van der Waals surface area (Å²) in [6.07, 6.45) is 2.35. The highest BCUT2D eigenvalue weighted by Crippen LogP contribution is 2.25. The first kappa shape index (κ1) is 21.6. The van der Waals surface area contributed by atoms with E-state index < -0.39 is 0 Å². The van der Waals surface area contributed by atoms with Crippen molar-refractivity contribution in [1.29, 1.82) is 0 Å². The van der Waals surface area contributed by atoms with Gasteiger partial charge in [-0.3, -0.25) is 4.79 Å². The second kappa shape index (κ2) is 9.68. The van der Waals surface area contributed by atoms with Gasteiger partial charge in [0.15, 0.2) is 0 Å². The number of aryl methyl sites for hydroxylation is 1. The zero-order valence-electron chi connectivity index (χ0n) is 18.5. The molecule has 0 saturated carbocycles. The number of carbonyl (C=O) groups is 1. The number of ether oxygens (including phenoxy) is 2. The topological polar surface area (TPSA) is 64.5 Å². The van der Waals surface area contributed by atoms with Crippen LogP contribution in [0, 0.1) is 0 Å². The van der Waals surface area contributed by atoms with Gasteiger partial charge in [0, 0.05) is 12.7 Å². The van der Waals surface area contributed by atoms with Gasteiger partial charge >= 0.3 is 0 Å². The Balaban J connectivity index is 1.17. The molecule has 0 unspecified atom stereocenters. The molecule has 0 aliphatic carbocycles. The van der Waals surface area contributed by atoms with Crippen LogP contribution in [0.2, 0.25) is 0 Å². The zero-order chi connectivity index (χ0) is 22.6. The summed E-state index contributed by atoms with van der Waals surface area (Å²) in [4.78, 5) is 12.8. The molecule has 1 aliphatic heterocycles. The molecule has 0 atom stereocenters. The quantitative estimate of drug-likeness (QED) is 0.397. The highest BCUT2D eigenvalue weighted by molar-refractivity contribution is 7.17. The van der Waals surface area contributed by atoms with Gasteiger partial charge in [0.25, 0.3) is 5.91 Å². The van der Waals surface area contributed by atoms with E-state index in [-0.39, 0.29) is 12.0 Å². The van der Waals surface area contributed by atoms with Gasteiger partial charge in [-0.25, -0.2) is 0 Å². The number of hydrogen-bond acceptors (Lipinski definition) is 5. The van der Waals surface area contributed by atoms with Crippen molar-refractivity contribution in [2.45, 2.75) is 25.6 Å². The summed E-state index contributed by atoms with van der Waals surface area (Å²) >= 11 is 1.63. The number of benzene rings is 2. The molecule has 33 heavy (non-hydrogen) atoms. The van der Waals surface area contributed by atoms with Crippen molar-refractivity contribution >= 4 is 33.1 Å². The van der Waals surface area contributed by atoms with E-state index in [1.807, 2.05) is 77.7 Å². The highest BCUT2D eigenvalue weighted by atomic mass is 32.1. The lowest BCUT2D eigenvalue weighted by Crippen LogP contribution is -2.34. The summed E-state index contributed by atoms with van der Waals surface area (Å²) in [6.45, 7) is 2.43. The molecule has 1 amide bonds. The monoisotopic (exact) mass is 461 g/mol. The molecule has 3 heterocycles. The SMILES string of the molecule is Cn1c(C(=O)Nc2cccc(COc3ccc(OC4CCNCC4)cc3)c2)cc2sccc21. The van der Waals surface area contributed by atoms with Gasteiger partial charge in [-0.05, 0) is 85.4 Å². The lowest BCUT2D eigenvalue weighted by atomic mass is 10.1. The number of rotatable bonds is 7. The molecular weight excluding hydrogens is 434 g/mol. The smallest absolute Gasteiger partial charge is 0.272 e. The summed E-state index contributed by atoms with van der Waals surface area (Å²) in [5.74, 6) is 1.54. The van der Waals surface area contributed by atoms with Crippen LogP contribution in [-0.4, -0.2) is 29.7 Å². The molecule has 0 spiro atoms. The van der Waals surface area contributed by atoms with Crippen molar-refractivity contribution in [2.75, 3.05) is 18.4 Å². The fourth-order valence-electron chi connectivity index (χ4n) is 4.09. The van der Waals surface area contributed by atoms with Crippen molar-refractivity contribution in [3.63, 3.8) is 0 Å². The third-order valence-electron chi connectivity index (χ3n) is 5.90. The van der Waals surface area contributed by atoms with Crippen LogP contribution < -0.4 is 20.1 Å². The van der Waals surface area contributed by atoms with Crippen LogP contribution >= 0.6 is 11.3 Å². The minimum Gasteiger partial charge on any atom is -0.490 e. The maximum Gasteiger partial charge on any atom is 0.272 e. The number of aromatic nitrogens is 1.